The quantitative estimate of drug-likeness (QED) is 0.521. The van der Waals surface area contributed by atoms with Crippen molar-refractivity contribution < 1.29 is 0 Å². The van der Waals surface area contributed by atoms with Gasteiger partial charge in [0.15, 0.2) is 0 Å². The summed E-state index contributed by atoms with van der Waals surface area (Å²) in [5.41, 5.74) is 3.68. The lowest BCUT2D eigenvalue weighted by atomic mass is 10.0. The zero-order valence-electron chi connectivity index (χ0n) is 7.20. The zero-order chi connectivity index (χ0) is 8.15. The van der Waals surface area contributed by atoms with Crippen molar-refractivity contribution in [1.29, 1.82) is 0 Å². The molecule has 0 rings (SSSR count). The molecular weight excluding hydrogens is 120 g/mol. The van der Waals surface area contributed by atoms with E-state index >= 15 is 0 Å². The molecule has 0 unspecified atom stereocenters. The standard InChI is InChI=1S/C10H16/c1-6-9(5)10(7-2)8(3)4/h7H,2-3,6H2,1,4-5H3/b10-9+. The van der Waals surface area contributed by atoms with Crippen molar-refractivity contribution in [2.45, 2.75) is 27.2 Å². The minimum absolute atomic E-state index is 1.08. The highest BCUT2D eigenvalue weighted by Crippen LogP contribution is 2.15. The SMILES string of the molecule is C=C/C(C(=C)C)=C(/C)CC. The zero-order valence-corrected chi connectivity index (χ0v) is 7.20. The van der Waals surface area contributed by atoms with Gasteiger partial charge in [0.05, 0.1) is 0 Å². The topological polar surface area (TPSA) is 0 Å². The number of hydrogen-bond donors (Lipinski definition) is 0. The Balaban J connectivity index is 4.62. The Bertz CT molecular complexity index is 170. The van der Waals surface area contributed by atoms with E-state index in [0.717, 1.165) is 12.0 Å². The fourth-order valence-corrected chi connectivity index (χ4v) is 0.903. The second kappa shape index (κ2) is 4.10. The summed E-state index contributed by atoms with van der Waals surface area (Å²) in [4.78, 5) is 0. The molecule has 0 aliphatic carbocycles. The van der Waals surface area contributed by atoms with Gasteiger partial charge in [0.1, 0.15) is 0 Å². The van der Waals surface area contributed by atoms with Gasteiger partial charge in [-0.25, -0.2) is 0 Å². The lowest BCUT2D eigenvalue weighted by molar-refractivity contribution is 1.07. The smallest absolute Gasteiger partial charge is 0.0250 e. The highest BCUT2D eigenvalue weighted by molar-refractivity contribution is 5.38. The summed E-state index contributed by atoms with van der Waals surface area (Å²) in [6, 6.07) is 0. The van der Waals surface area contributed by atoms with E-state index < -0.39 is 0 Å². The minimum Gasteiger partial charge on any atom is -0.0985 e. The highest BCUT2D eigenvalue weighted by atomic mass is 14.0. The Morgan fingerprint density at radius 1 is 1.40 bits per heavy atom. The molecule has 0 saturated heterocycles. The largest absolute Gasteiger partial charge is 0.0985 e. The molecule has 0 saturated carbocycles. The second-order valence-electron chi connectivity index (χ2n) is 2.53. The monoisotopic (exact) mass is 136 g/mol. The molecule has 0 nitrogen and oxygen atoms in total. The third-order valence-corrected chi connectivity index (χ3v) is 1.65. The predicted octanol–water partition coefficient (Wildman–Crippen LogP) is 3.48. The van der Waals surface area contributed by atoms with Crippen LogP contribution in [0.1, 0.15) is 27.2 Å². The predicted molar refractivity (Wildman–Crippen MR) is 48.0 cm³/mol. The van der Waals surface area contributed by atoms with Gasteiger partial charge in [0.2, 0.25) is 0 Å². The Hall–Kier alpha value is -0.780. The van der Waals surface area contributed by atoms with Crippen LogP contribution in [0.15, 0.2) is 36.0 Å². The maximum absolute atomic E-state index is 3.87. The molecule has 10 heavy (non-hydrogen) atoms. The molecule has 0 N–H and O–H groups in total. The normalized spacial score (nSPS) is 12.3. The summed E-state index contributed by atoms with van der Waals surface area (Å²) >= 11 is 0. The number of rotatable bonds is 3. The third kappa shape index (κ3) is 2.22. The van der Waals surface area contributed by atoms with E-state index in [0.29, 0.717) is 0 Å². The van der Waals surface area contributed by atoms with Crippen LogP contribution in [-0.2, 0) is 0 Å². The first kappa shape index (κ1) is 9.22. The van der Waals surface area contributed by atoms with Gasteiger partial charge in [-0.3, -0.25) is 0 Å². The van der Waals surface area contributed by atoms with E-state index in [1.807, 2.05) is 13.0 Å². The van der Waals surface area contributed by atoms with E-state index in [1.54, 1.807) is 0 Å². The van der Waals surface area contributed by atoms with Crippen molar-refractivity contribution in [2.75, 3.05) is 0 Å². The summed E-state index contributed by atoms with van der Waals surface area (Å²) in [6.45, 7) is 13.9. The average Bonchev–Trinajstić information content (AvgIpc) is 1.88. The van der Waals surface area contributed by atoms with Crippen molar-refractivity contribution in [1.82, 2.24) is 0 Å². The van der Waals surface area contributed by atoms with E-state index in [-0.39, 0.29) is 0 Å². The summed E-state index contributed by atoms with van der Waals surface area (Å²) in [5, 5.41) is 0. The van der Waals surface area contributed by atoms with Crippen molar-refractivity contribution in [3.63, 3.8) is 0 Å². The molecule has 0 bridgehead atoms. The molecule has 0 aromatic rings. The second-order valence-corrected chi connectivity index (χ2v) is 2.53. The first-order valence-corrected chi connectivity index (χ1v) is 3.61. The molecule has 0 radical (unpaired) electrons. The average molecular weight is 136 g/mol. The van der Waals surface area contributed by atoms with E-state index in [1.165, 1.54) is 11.1 Å². The molecule has 0 heteroatoms. The Kier molecular flexibility index (Phi) is 3.78. The van der Waals surface area contributed by atoms with Crippen molar-refractivity contribution >= 4 is 0 Å². The molecule has 0 spiro atoms. The maximum Gasteiger partial charge on any atom is -0.0250 e. The van der Waals surface area contributed by atoms with Gasteiger partial charge >= 0.3 is 0 Å². The van der Waals surface area contributed by atoms with Crippen LogP contribution in [0.5, 0.6) is 0 Å². The van der Waals surface area contributed by atoms with Gasteiger partial charge in [-0.05, 0) is 25.8 Å². The van der Waals surface area contributed by atoms with Crippen LogP contribution in [0.25, 0.3) is 0 Å². The number of allylic oxidation sites excluding steroid dienone is 4. The molecule has 0 heterocycles. The number of hydrogen-bond acceptors (Lipinski definition) is 0. The van der Waals surface area contributed by atoms with Crippen LogP contribution in [-0.4, -0.2) is 0 Å². The van der Waals surface area contributed by atoms with Gasteiger partial charge in [-0.1, -0.05) is 37.3 Å². The molecule has 0 aliphatic heterocycles. The summed E-state index contributed by atoms with van der Waals surface area (Å²) in [7, 11) is 0. The molecule has 56 valence electrons. The van der Waals surface area contributed by atoms with Crippen LogP contribution in [0.2, 0.25) is 0 Å². The molecular formula is C10H16. The highest BCUT2D eigenvalue weighted by Gasteiger charge is 1.95. The van der Waals surface area contributed by atoms with E-state index in [4.69, 9.17) is 0 Å². The van der Waals surface area contributed by atoms with Crippen molar-refractivity contribution in [2.24, 2.45) is 0 Å². The van der Waals surface area contributed by atoms with Gasteiger partial charge in [0.25, 0.3) is 0 Å². The third-order valence-electron chi connectivity index (χ3n) is 1.65. The minimum atomic E-state index is 1.08. The van der Waals surface area contributed by atoms with E-state index in [9.17, 15) is 0 Å². The molecule has 0 atom stereocenters. The summed E-state index contributed by atoms with van der Waals surface area (Å²) in [5.74, 6) is 0. The molecule has 0 aromatic carbocycles. The fourth-order valence-electron chi connectivity index (χ4n) is 0.903. The first-order chi connectivity index (χ1) is 4.63. The van der Waals surface area contributed by atoms with Gasteiger partial charge in [-0.15, -0.1) is 0 Å². The fraction of sp³-hybridized carbons (Fsp3) is 0.400. The molecule has 0 aromatic heterocycles. The Morgan fingerprint density at radius 2 is 1.90 bits per heavy atom. The maximum atomic E-state index is 3.87. The van der Waals surface area contributed by atoms with Crippen molar-refractivity contribution in [3.05, 3.63) is 36.0 Å². The summed E-state index contributed by atoms with van der Waals surface area (Å²) < 4.78 is 0. The molecule has 0 fully saturated rings. The van der Waals surface area contributed by atoms with Crippen LogP contribution >= 0.6 is 0 Å². The van der Waals surface area contributed by atoms with Crippen LogP contribution in [0.3, 0.4) is 0 Å². The van der Waals surface area contributed by atoms with Crippen LogP contribution in [0.4, 0.5) is 0 Å². The molecule has 0 aliphatic rings. The summed E-state index contributed by atoms with van der Waals surface area (Å²) in [6.07, 6.45) is 2.95. The van der Waals surface area contributed by atoms with Gasteiger partial charge in [-0.2, -0.15) is 0 Å². The lowest BCUT2D eigenvalue weighted by Gasteiger charge is -2.04. The Morgan fingerprint density at radius 3 is 2.00 bits per heavy atom. The first-order valence-electron chi connectivity index (χ1n) is 3.61. The van der Waals surface area contributed by atoms with Crippen LogP contribution in [0, 0.1) is 0 Å². The Labute approximate surface area is 64.0 Å². The lowest BCUT2D eigenvalue weighted by Crippen LogP contribution is -1.84. The van der Waals surface area contributed by atoms with Gasteiger partial charge < -0.3 is 0 Å². The van der Waals surface area contributed by atoms with E-state index in [2.05, 4.69) is 27.0 Å². The molecule has 0 amide bonds. The van der Waals surface area contributed by atoms with Gasteiger partial charge in [0, 0.05) is 0 Å². The van der Waals surface area contributed by atoms with Crippen LogP contribution < -0.4 is 0 Å². The van der Waals surface area contributed by atoms with Crippen molar-refractivity contribution in [3.8, 4) is 0 Å².